The fourth-order valence-electron chi connectivity index (χ4n) is 3.40. The number of rotatable bonds is 4. The Morgan fingerprint density at radius 2 is 2.00 bits per heavy atom. The SMILES string of the molecule is Cc1ccc(C(N=CC2CCCCCN2)C2CC2)c(C)c1. The summed E-state index contributed by atoms with van der Waals surface area (Å²) in [5, 5.41) is 3.62. The monoisotopic (exact) mass is 284 g/mol. The molecule has 1 N–H and O–H groups in total. The van der Waals surface area contributed by atoms with Crippen LogP contribution in [-0.2, 0) is 0 Å². The van der Waals surface area contributed by atoms with Crippen LogP contribution in [0.15, 0.2) is 23.2 Å². The van der Waals surface area contributed by atoms with Crippen molar-refractivity contribution in [1.82, 2.24) is 5.32 Å². The van der Waals surface area contributed by atoms with Gasteiger partial charge in [-0.3, -0.25) is 4.99 Å². The minimum atomic E-state index is 0.385. The Balaban J connectivity index is 1.75. The lowest BCUT2D eigenvalue weighted by Gasteiger charge is -2.17. The number of nitrogens with one attached hydrogen (secondary N) is 1. The Morgan fingerprint density at radius 3 is 2.76 bits per heavy atom. The van der Waals surface area contributed by atoms with Gasteiger partial charge in [-0.2, -0.15) is 0 Å². The second kappa shape index (κ2) is 6.74. The molecule has 0 radical (unpaired) electrons. The van der Waals surface area contributed by atoms with Crippen LogP contribution in [0.25, 0.3) is 0 Å². The molecule has 0 bridgehead atoms. The minimum absolute atomic E-state index is 0.385. The van der Waals surface area contributed by atoms with Gasteiger partial charge in [0.05, 0.1) is 6.04 Å². The van der Waals surface area contributed by atoms with E-state index in [0.29, 0.717) is 12.1 Å². The first-order valence-corrected chi connectivity index (χ1v) is 8.58. The number of aliphatic imine (C=N–C) groups is 1. The molecular formula is C19H28N2. The summed E-state index contributed by atoms with van der Waals surface area (Å²) in [5.74, 6) is 0.772. The fraction of sp³-hybridized carbons (Fsp3) is 0.632. The molecule has 2 heteroatoms. The van der Waals surface area contributed by atoms with E-state index in [4.69, 9.17) is 4.99 Å². The van der Waals surface area contributed by atoms with Crippen molar-refractivity contribution in [3.05, 3.63) is 34.9 Å². The van der Waals surface area contributed by atoms with Crippen LogP contribution < -0.4 is 5.32 Å². The van der Waals surface area contributed by atoms with Crippen molar-refractivity contribution >= 4 is 6.21 Å². The Morgan fingerprint density at radius 1 is 1.14 bits per heavy atom. The summed E-state index contributed by atoms with van der Waals surface area (Å²) in [6, 6.07) is 7.70. The third-order valence-corrected chi connectivity index (χ3v) is 4.84. The zero-order valence-electron chi connectivity index (χ0n) is 13.4. The maximum Gasteiger partial charge on any atom is 0.0776 e. The zero-order valence-corrected chi connectivity index (χ0v) is 13.4. The molecule has 114 valence electrons. The molecule has 1 aromatic rings. The minimum Gasteiger partial charge on any atom is -0.309 e. The predicted octanol–water partition coefficient (Wildman–Crippen LogP) is 4.36. The molecule has 0 amide bonds. The molecule has 1 aliphatic carbocycles. The van der Waals surface area contributed by atoms with Gasteiger partial charge in [-0.15, -0.1) is 0 Å². The van der Waals surface area contributed by atoms with Crippen molar-refractivity contribution < 1.29 is 0 Å². The van der Waals surface area contributed by atoms with Gasteiger partial charge in [0.2, 0.25) is 0 Å². The lowest BCUT2D eigenvalue weighted by Crippen LogP contribution is -2.29. The van der Waals surface area contributed by atoms with E-state index in [9.17, 15) is 0 Å². The predicted molar refractivity (Wildman–Crippen MR) is 90.1 cm³/mol. The Labute approximate surface area is 129 Å². The largest absolute Gasteiger partial charge is 0.309 e. The van der Waals surface area contributed by atoms with Crippen LogP contribution >= 0.6 is 0 Å². The lowest BCUT2D eigenvalue weighted by atomic mass is 9.96. The zero-order chi connectivity index (χ0) is 14.7. The average molecular weight is 284 g/mol. The highest BCUT2D eigenvalue weighted by Crippen LogP contribution is 2.44. The number of hydrogen-bond acceptors (Lipinski definition) is 2. The van der Waals surface area contributed by atoms with E-state index in [2.05, 4.69) is 43.6 Å². The van der Waals surface area contributed by atoms with E-state index in [1.807, 2.05) is 0 Å². The molecule has 2 fully saturated rings. The van der Waals surface area contributed by atoms with Crippen molar-refractivity contribution in [2.45, 2.75) is 64.5 Å². The molecule has 2 aliphatic rings. The van der Waals surface area contributed by atoms with Gasteiger partial charge in [0.1, 0.15) is 0 Å². The van der Waals surface area contributed by atoms with Crippen molar-refractivity contribution in [3.8, 4) is 0 Å². The van der Waals surface area contributed by atoms with Crippen molar-refractivity contribution in [1.29, 1.82) is 0 Å². The molecule has 21 heavy (non-hydrogen) atoms. The maximum absolute atomic E-state index is 5.02. The van der Waals surface area contributed by atoms with Crippen LogP contribution in [0, 0.1) is 19.8 Å². The molecule has 1 heterocycles. The van der Waals surface area contributed by atoms with E-state index < -0.39 is 0 Å². The van der Waals surface area contributed by atoms with Crippen LogP contribution in [0.3, 0.4) is 0 Å². The first-order valence-electron chi connectivity index (χ1n) is 8.58. The van der Waals surface area contributed by atoms with Gasteiger partial charge in [0, 0.05) is 12.3 Å². The van der Waals surface area contributed by atoms with Gasteiger partial charge in [0.15, 0.2) is 0 Å². The summed E-state index contributed by atoms with van der Waals surface area (Å²) in [5.41, 5.74) is 4.19. The molecule has 2 nitrogen and oxygen atoms in total. The van der Waals surface area contributed by atoms with Crippen LogP contribution in [0.5, 0.6) is 0 Å². The van der Waals surface area contributed by atoms with Crippen LogP contribution in [-0.4, -0.2) is 18.8 Å². The molecule has 3 rings (SSSR count). The maximum atomic E-state index is 5.02. The summed E-state index contributed by atoms with van der Waals surface area (Å²) in [7, 11) is 0. The summed E-state index contributed by atoms with van der Waals surface area (Å²) >= 11 is 0. The van der Waals surface area contributed by atoms with Crippen LogP contribution in [0.1, 0.15) is 61.3 Å². The highest BCUT2D eigenvalue weighted by atomic mass is 14.9. The number of benzene rings is 1. The Kier molecular flexibility index (Phi) is 4.74. The van der Waals surface area contributed by atoms with E-state index >= 15 is 0 Å². The third-order valence-electron chi connectivity index (χ3n) is 4.84. The van der Waals surface area contributed by atoms with Gasteiger partial charge in [-0.05, 0) is 63.1 Å². The molecule has 2 unspecified atom stereocenters. The first-order chi connectivity index (χ1) is 10.2. The van der Waals surface area contributed by atoms with Crippen molar-refractivity contribution in [2.24, 2.45) is 10.9 Å². The number of aryl methyl sites for hydroxylation is 2. The van der Waals surface area contributed by atoms with Crippen LogP contribution in [0.2, 0.25) is 0 Å². The van der Waals surface area contributed by atoms with Gasteiger partial charge in [0.25, 0.3) is 0 Å². The second-order valence-corrected chi connectivity index (χ2v) is 6.85. The summed E-state index contributed by atoms with van der Waals surface area (Å²) < 4.78 is 0. The summed E-state index contributed by atoms with van der Waals surface area (Å²) in [6.07, 6.45) is 10.2. The van der Waals surface area contributed by atoms with E-state index in [1.54, 1.807) is 0 Å². The van der Waals surface area contributed by atoms with E-state index in [0.717, 1.165) is 12.5 Å². The van der Waals surface area contributed by atoms with Gasteiger partial charge in [-0.25, -0.2) is 0 Å². The highest BCUT2D eigenvalue weighted by Gasteiger charge is 2.32. The fourth-order valence-corrected chi connectivity index (χ4v) is 3.40. The lowest BCUT2D eigenvalue weighted by molar-refractivity contribution is 0.604. The van der Waals surface area contributed by atoms with E-state index in [1.165, 1.54) is 55.2 Å². The molecule has 1 aliphatic heterocycles. The quantitative estimate of drug-likeness (QED) is 0.816. The number of nitrogens with zero attached hydrogens (tertiary/aromatic N) is 1. The highest BCUT2D eigenvalue weighted by molar-refractivity contribution is 5.65. The Hall–Kier alpha value is -1.15. The molecular weight excluding hydrogens is 256 g/mol. The molecule has 1 saturated carbocycles. The smallest absolute Gasteiger partial charge is 0.0776 e. The first kappa shape index (κ1) is 14.8. The Bertz CT molecular complexity index is 494. The van der Waals surface area contributed by atoms with Gasteiger partial charge in [-0.1, -0.05) is 36.6 Å². The summed E-state index contributed by atoms with van der Waals surface area (Å²) in [4.78, 5) is 5.02. The van der Waals surface area contributed by atoms with Gasteiger partial charge < -0.3 is 5.32 Å². The van der Waals surface area contributed by atoms with Crippen molar-refractivity contribution in [3.63, 3.8) is 0 Å². The normalized spacial score (nSPS) is 25.0. The van der Waals surface area contributed by atoms with Crippen LogP contribution in [0.4, 0.5) is 0 Å². The summed E-state index contributed by atoms with van der Waals surface area (Å²) in [6.45, 7) is 5.55. The molecule has 1 aromatic carbocycles. The number of hydrogen-bond donors (Lipinski definition) is 1. The van der Waals surface area contributed by atoms with Gasteiger partial charge >= 0.3 is 0 Å². The molecule has 0 aromatic heterocycles. The standard InChI is InChI=1S/C19H28N2/c1-14-7-10-18(15(2)12-14)19(16-8-9-16)21-13-17-6-4-3-5-11-20-17/h7,10,12-13,16-17,19-20H,3-6,8-9,11H2,1-2H3. The molecule has 1 saturated heterocycles. The third kappa shape index (κ3) is 3.94. The molecule has 0 spiro atoms. The van der Waals surface area contributed by atoms with E-state index in [-0.39, 0.29) is 0 Å². The molecule has 2 atom stereocenters. The van der Waals surface area contributed by atoms with Crippen molar-refractivity contribution in [2.75, 3.05) is 6.54 Å². The average Bonchev–Trinajstić information content (AvgIpc) is 3.28. The second-order valence-electron chi connectivity index (χ2n) is 6.85. The topological polar surface area (TPSA) is 24.4 Å².